The Kier molecular flexibility index (Phi) is 10.2. The topological polar surface area (TPSA) is 33.7 Å². The number of benzene rings is 3. The van der Waals surface area contributed by atoms with Crippen LogP contribution in [0, 0.1) is 17.0 Å². The predicted octanol–water partition coefficient (Wildman–Crippen LogP) is 8.47. The van der Waals surface area contributed by atoms with E-state index in [1.807, 2.05) is 50.2 Å². The van der Waals surface area contributed by atoms with E-state index in [2.05, 4.69) is 5.32 Å². The van der Waals surface area contributed by atoms with E-state index >= 15 is 8.78 Å². The van der Waals surface area contributed by atoms with E-state index in [1.54, 1.807) is 12.1 Å². The maximum atomic E-state index is 15.8. The van der Waals surface area contributed by atoms with Gasteiger partial charge < -0.3 is 14.8 Å². The van der Waals surface area contributed by atoms with Crippen LogP contribution >= 0.6 is 0 Å². The minimum Gasteiger partial charge on any atom is -0.490 e. The highest BCUT2D eigenvalue weighted by Gasteiger charge is 2.45. The largest absolute Gasteiger partial charge is 0.490 e. The first-order valence-corrected chi connectivity index (χ1v) is 16.0. The van der Waals surface area contributed by atoms with Crippen molar-refractivity contribution in [3.05, 3.63) is 94.6 Å². The minimum absolute atomic E-state index is 0.0762. The number of halogens is 4. The van der Waals surface area contributed by atoms with Crippen molar-refractivity contribution in [1.82, 2.24) is 10.2 Å². The van der Waals surface area contributed by atoms with Crippen molar-refractivity contribution >= 4 is 0 Å². The molecule has 6 rings (SSSR count). The molecule has 3 aromatic rings. The molecular weight excluding hydrogens is 568 g/mol. The SMILES string of the molecule is CC.CC(F)(F)CN1CCc2cc(OCc3ccccc3)ccc2C1c1c(F)cc(OC2CC3(CCCNCC3)C2)cc1F. The molecule has 1 saturated heterocycles. The van der Waals surface area contributed by atoms with Gasteiger partial charge in [0.2, 0.25) is 0 Å². The molecule has 0 bridgehead atoms. The van der Waals surface area contributed by atoms with E-state index in [4.69, 9.17) is 9.47 Å². The van der Waals surface area contributed by atoms with Crippen molar-refractivity contribution in [1.29, 1.82) is 0 Å². The normalized spacial score (nSPS) is 23.5. The van der Waals surface area contributed by atoms with Gasteiger partial charge >= 0.3 is 0 Å². The van der Waals surface area contributed by atoms with Crippen molar-refractivity contribution < 1.29 is 27.0 Å². The first-order chi connectivity index (χ1) is 21.2. The molecule has 1 atom stereocenters. The van der Waals surface area contributed by atoms with Gasteiger partial charge in [-0.25, -0.2) is 17.6 Å². The van der Waals surface area contributed by atoms with Crippen LogP contribution in [0.25, 0.3) is 0 Å². The summed E-state index contributed by atoms with van der Waals surface area (Å²) in [6.45, 7) is 6.85. The van der Waals surface area contributed by atoms with Crippen LogP contribution in [0.2, 0.25) is 0 Å². The fourth-order valence-electron chi connectivity index (χ4n) is 7.02. The van der Waals surface area contributed by atoms with Crippen LogP contribution < -0.4 is 14.8 Å². The van der Waals surface area contributed by atoms with E-state index in [0.717, 1.165) is 63.2 Å². The van der Waals surface area contributed by atoms with Gasteiger partial charge in [-0.2, -0.15) is 0 Å². The highest BCUT2D eigenvalue weighted by Crippen LogP contribution is 2.50. The molecule has 1 aliphatic carbocycles. The molecular formula is C36H44F4N2O2. The van der Waals surface area contributed by atoms with Crippen molar-refractivity contribution in [2.45, 2.75) is 84.0 Å². The average molecular weight is 613 g/mol. The molecule has 2 aliphatic heterocycles. The van der Waals surface area contributed by atoms with Crippen molar-refractivity contribution in [2.75, 3.05) is 26.2 Å². The molecule has 2 fully saturated rings. The zero-order chi connectivity index (χ0) is 31.3. The third-order valence-corrected chi connectivity index (χ3v) is 9.01. The molecule has 2 heterocycles. The molecule has 1 saturated carbocycles. The van der Waals surface area contributed by atoms with E-state index in [9.17, 15) is 8.78 Å². The molecule has 0 radical (unpaired) electrons. The monoisotopic (exact) mass is 612 g/mol. The zero-order valence-electron chi connectivity index (χ0n) is 26.0. The van der Waals surface area contributed by atoms with Gasteiger partial charge in [-0.15, -0.1) is 0 Å². The molecule has 4 nitrogen and oxygen atoms in total. The number of ether oxygens (including phenoxy) is 2. The molecule has 44 heavy (non-hydrogen) atoms. The smallest absolute Gasteiger partial charge is 0.257 e. The van der Waals surface area contributed by atoms with E-state index in [0.29, 0.717) is 24.3 Å². The quantitative estimate of drug-likeness (QED) is 0.259. The van der Waals surface area contributed by atoms with Crippen LogP contribution in [0.3, 0.4) is 0 Å². The van der Waals surface area contributed by atoms with Gasteiger partial charge in [-0.1, -0.05) is 50.2 Å². The lowest BCUT2D eigenvalue weighted by molar-refractivity contribution is -0.0257. The molecule has 3 aromatic carbocycles. The second-order valence-corrected chi connectivity index (χ2v) is 12.4. The summed E-state index contributed by atoms with van der Waals surface area (Å²) in [5.74, 6) is -3.83. The Balaban J connectivity index is 0.00000188. The molecule has 1 N–H and O–H groups in total. The molecule has 1 spiro atoms. The van der Waals surface area contributed by atoms with Gasteiger partial charge in [0.25, 0.3) is 5.92 Å². The number of hydrogen-bond donors (Lipinski definition) is 1. The number of nitrogens with one attached hydrogen (secondary N) is 1. The lowest BCUT2D eigenvalue weighted by Gasteiger charge is -2.47. The molecule has 8 heteroatoms. The van der Waals surface area contributed by atoms with E-state index in [-0.39, 0.29) is 29.4 Å². The van der Waals surface area contributed by atoms with Gasteiger partial charge in [0.1, 0.15) is 29.7 Å². The number of hydrogen-bond acceptors (Lipinski definition) is 4. The van der Waals surface area contributed by atoms with Crippen LogP contribution in [0.1, 0.15) is 81.2 Å². The fourth-order valence-corrected chi connectivity index (χ4v) is 7.02. The molecule has 0 amide bonds. The van der Waals surface area contributed by atoms with Crippen molar-refractivity contribution in [2.24, 2.45) is 5.41 Å². The van der Waals surface area contributed by atoms with Crippen LogP contribution in [0.15, 0.2) is 60.7 Å². The summed E-state index contributed by atoms with van der Waals surface area (Å²) >= 11 is 0. The van der Waals surface area contributed by atoms with Gasteiger partial charge in [0.05, 0.1) is 18.7 Å². The molecule has 3 aliphatic rings. The number of nitrogens with zero attached hydrogens (tertiary/aromatic N) is 1. The molecule has 238 valence electrons. The fraction of sp³-hybridized carbons (Fsp3) is 0.500. The van der Waals surface area contributed by atoms with Crippen LogP contribution in [-0.2, 0) is 13.0 Å². The Labute approximate surface area is 258 Å². The van der Waals surface area contributed by atoms with Gasteiger partial charge in [0, 0.05) is 31.2 Å². The predicted molar refractivity (Wildman–Crippen MR) is 165 cm³/mol. The number of rotatable bonds is 8. The highest BCUT2D eigenvalue weighted by molar-refractivity contribution is 5.46. The molecule has 0 aromatic heterocycles. The van der Waals surface area contributed by atoms with Crippen molar-refractivity contribution in [3.63, 3.8) is 0 Å². The summed E-state index contributed by atoms with van der Waals surface area (Å²) in [5.41, 5.74) is 2.47. The summed E-state index contributed by atoms with van der Waals surface area (Å²) in [6.07, 6.45) is 5.50. The summed E-state index contributed by atoms with van der Waals surface area (Å²) in [7, 11) is 0. The maximum Gasteiger partial charge on any atom is 0.257 e. The van der Waals surface area contributed by atoms with Crippen LogP contribution in [0.4, 0.5) is 17.6 Å². The second-order valence-electron chi connectivity index (χ2n) is 12.4. The number of alkyl halides is 2. The molecule has 1 unspecified atom stereocenters. The van der Waals surface area contributed by atoms with Gasteiger partial charge in [-0.3, -0.25) is 4.90 Å². The Morgan fingerprint density at radius 2 is 1.66 bits per heavy atom. The lowest BCUT2D eigenvalue weighted by Crippen LogP contribution is -2.44. The Morgan fingerprint density at radius 1 is 0.932 bits per heavy atom. The van der Waals surface area contributed by atoms with E-state index < -0.39 is 30.1 Å². The first-order valence-electron chi connectivity index (χ1n) is 16.0. The summed E-state index contributed by atoms with van der Waals surface area (Å²) in [6, 6.07) is 16.5. The summed E-state index contributed by atoms with van der Waals surface area (Å²) in [4.78, 5) is 1.48. The third kappa shape index (κ3) is 7.57. The van der Waals surface area contributed by atoms with Crippen LogP contribution in [0.5, 0.6) is 11.5 Å². The second kappa shape index (κ2) is 13.9. The minimum atomic E-state index is -3.03. The Bertz CT molecular complexity index is 1360. The van der Waals surface area contributed by atoms with E-state index in [1.165, 1.54) is 17.0 Å². The number of fused-ring (bicyclic) bond motifs is 1. The Hall–Kier alpha value is -3.10. The summed E-state index contributed by atoms with van der Waals surface area (Å²) < 4.78 is 72.1. The average Bonchev–Trinajstić information content (AvgIpc) is 3.24. The first kappa shape index (κ1) is 32.3. The maximum absolute atomic E-state index is 15.8. The lowest BCUT2D eigenvalue weighted by atomic mass is 9.62. The standard InChI is InChI=1S/C34H38F4N2O2.C2H6/c1-33(37,38)22-40-15-10-24-16-25(41-21-23-6-3-2-4-7-23)8-9-28(24)32(40)31-29(35)17-26(18-30(31)36)42-27-19-34(20-27)11-5-13-39-14-12-34;1-2/h2-4,6-9,16-18,27,32,39H,5,10-15,19-22H2,1H3;1-2H3. The zero-order valence-corrected chi connectivity index (χ0v) is 26.0. The Morgan fingerprint density at radius 3 is 2.36 bits per heavy atom. The van der Waals surface area contributed by atoms with Crippen LogP contribution in [-0.4, -0.2) is 43.1 Å². The van der Waals surface area contributed by atoms with Crippen molar-refractivity contribution in [3.8, 4) is 11.5 Å². The highest BCUT2D eigenvalue weighted by atomic mass is 19.3. The van der Waals surface area contributed by atoms with Gasteiger partial charge in [-0.05, 0) is 85.9 Å². The van der Waals surface area contributed by atoms with Gasteiger partial charge in [0.15, 0.2) is 0 Å². The third-order valence-electron chi connectivity index (χ3n) is 9.01. The summed E-state index contributed by atoms with van der Waals surface area (Å²) in [5, 5.41) is 3.43.